The molecule has 0 aliphatic carbocycles. The summed E-state index contributed by atoms with van der Waals surface area (Å²) in [5.41, 5.74) is -0.0583. The molecule has 7 heteroatoms. The number of ether oxygens (including phenoxy) is 1. The van der Waals surface area contributed by atoms with Gasteiger partial charge in [0.25, 0.3) is 0 Å². The van der Waals surface area contributed by atoms with Crippen LogP contribution in [0.15, 0.2) is 36.4 Å². The number of fused-ring (bicyclic) bond motifs is 1. The monoisotopic (exact) mass is 349 g/mol. The van der Waals surface area contributed by atoms with Crippen LogP contribution in [0, 0.1) is 11.6 Å². The molecule has 3 rings (SSSR count). The van der Waals surface area contributed by atoms with Crippen molar-refractivity contribution in [1.82, 2.24) is 4.98 Å². The molecule has 0 saturated carbocycles. The number of nitrogens with zero attached hydrogens (tertiary/aromatic N) is 1. The van der Waals surface area contributed by atoms with Gasteiger partial charge in [-0.2, -0.15) is 0 Å². The highest BCUT2D eigenvalue weighted by molar-refractivity contribution is 6.31. The van der Waals surface area contributed by atoms with E-state index in [4.69, 9.17) is 16.3 Å². The largest absolute Gasteiger partial charge is 0.496 e. The summed E-state index contributed by atoms with van der Waals surface area (Å²) in [4.78, 5) is 15.7. The van der Waals surface area contributed by atoms with Gasteiger partial charge < -0.3 is 9.84 Å². The molecule has 0 atom stereocenters. The van der Waals surface area contributed by atoms with Crippen molar-refractivity contribution in [2.75, 3.05) is 7.11 Å². The third-order valence-electron chi connectivity index (χ3n) is 3.50. The van der Waals surface area contributed by atoms with Gasteiger partial charge in [0.2, 0.25) is 0 Å². The molecule has 3 aromatic rings. The van der Waals surface area contributed by atoms with Gasteiger partial charge in [0.1, 0.15) is 17.1 Å². The Hall–Kier alpha value is -2.73. The molecule has 2 aromatic carbocycles. The van der Waals surface area contributed by atoms with Crippen LogP contribution in [0.5, 0.6) is 5.75 Å². The minimum Gasteiger partial charge on any atom is -0.496 e. The van der Waals surface area contributed by atoms with E-state index in [0.717, 1.165) is 12.1 Å². The number of aromatic carboxylic acids is 1. The Labute approximate surface area is 140 Å². The molecule has 122 valence electrons. The molecule has 0 saturated heterocycles. The lowest BCUT2D eigenvalue weighted by Crippen LogP contribution is -2.02. The van der Waals surface area contributed by atoms with Crippen molar-refractivity contribution in [3.05, 3.63) is 58.6 Å². The summed E-state index contributed by atoms with van der Waals surface area (Å²) in [6.45, 7) is 0. The summed E-state index contributed by atoms with van der Waals surface area (Å²) >= 11 is 5.80. The highest BCUT2D eigenvalue weighted by atomic mass is 35.5. The molecule has 0 bridgehead atoms. The van der Waals surface area contributed by atoms with E-state index in [9.17, 15) is 18.7 Å². The molecule has 0 spiro atoms. The van der Waals surface area contributed by atoms with Gasteiger partial charge in [0.15, 0.2) is 5.82 Å². The maximum atomic E-state index is 14.2. The second-order valence-electron chi connectivity index (χ2n) is 4.99. The topological polar surface area (TPSA) is 59.4 Å². The summed E-state index contributed by atoms with van der Waals surface area (Å²) in [5, 5.41) is 9.54. The normalized spacial score (nSPS) is 10.8. The fourth-order valence-electron chi connectivity index (χ4n) is 2.45. The van der Waals surface area contributed by atoms with Gasteiger partial charge >= 0.3 is 5.97 Å². The number of methoxy groups -OCH3 is 1. The number of carboxylic acids is 1. The van der Waals surface area contributed by atoms with Crippen molar-refractivity contribution in [3.63, 3.8) is 0 Å². The summed E-state index contributed by atoms with van der Waals surface area (Å²) in [6, 6.07) is 7.32. The Bertz CT molecular complexity index is 976. The van der Waals surface area contributed by atoms with Crippen molar-refractivity contribution < 1.29 is 23.4 Å². The van der Waals surface area contributed by atoms with Crippen LogP contribution < -0.4 is 4.74 Å². The van der Waals surface area contributed by atoms with Crippen LogP contribution in [0.1, 0.15) is 10.4 Å². The number of hydrogen-bond donors (Lipinski definition) is 1. The number of benzene rings is 2. The molecular weight excluding hydrogens is 340 g/mol. The Morgan fingerprint density at radius 1 is 1.21 bits per heavy atom. The first kappa shape index (κ1) is 16.1. The van der Waals surface area contributed by atoms with Crippen molar-refractivity contribution in [1.29, 1.82) is 0 Å². The average Bonchev–Trinajstić information content (AvgIpc) is 2.53. The Balaban J connectivity index is 2.39. The Morgan fingerprint density at radius 2 is 1.96 bits per heavy atom. The van der Waals surface area contributed by atoms with E-state index < -0.39 is 17.6 Å². The molecule has 4 nitrogen and oxygen atoms in total. The number of aromatic nitrogens is 1. The van der Waals surface area contributed by atoms with Crippen molar-refractivity contribution in [2.24, 2.45) is 0 Å². The number of rotatable bonds is 3. The van der Waals surface area contributed by atoms with Crippen molar-refractivity contribution in [3.8, 4) is 17.0 Å². The minimum absolute atomic E-state index is 0.0559. The van der Waals surface area contributed by atoms with E-state index in [0.29, 0.717) is 0 Å². The second kappa shape index (κ2) is 6.05. The van der Waals surface area contributed by atoms with E-state index in [1.54, 1.807) is 0 Å². The van der Waals surface area contributed by atoms with E-state index in [2.05, 4.69) is 4.98 Å². The fraction of sp³-hybridized carbons (Fsp3) is 0.0588. The van der Waals surface area contributed by atoms with Crippen LogP contribution in [-0.4, -0.2) is 23.2 Å². The molecule has 1 N–H and O–H groups in total. The first-order valence-electron chi connectivity index (χ1n) is 6.77. The SMILES string of the molecule is COc1ccc(F)cc1-c1cc(C(=O)O)c2cc(Cl)cc(F)c2n1. The molecule has 0 amide bonds. The van der Waals surface area contributed by atoms with Crippen molar-refractivity contribution >= 4 is 28.5 Å². The first-order valence-corrected chi connectivity index (χ1v) is 7.15. The van der Waals surface area contributed by atoms with E-state index in [1.807, 2.05) is 0 Å². The maximum Gasteiger partial charge on any atom is 0.336 e. The lowest BCUT2D eigenvalue weighted by atomic mass is 10.0. The zero-order valence-corrected chi connectivity index (χ0v) is 13.1. The lowest BCUT2D eigenvalue weighted by Gasteiger charge is -2.11. The predicted octanol–water partition coefficient (Wildman–Crippen LogP) is 4.54. The average molecular weight is 350 g/mol. The zero-order chi connectivity index (χ0) is 17.4. The van der Waals surface area contributed by atoms with Crippen LogP contribution in [0.4, 0.5) is 8.78 Å². The van der Waals surface area contributed by atoms with Crippen LogP contribution in [-0.2, 0) is 0 Å². The summed E-state index contributed by atoms with van der Waals surface area (Å²) in [6.07, 6.45) is 0. The predicted molar refractivity (Wildman–Crippen MR) is 85.6 cm³/mol. The molecule has 0 fully saturated rings. The van der Waals surface area contributed by atoms with E-state index in [-0.39, 0.29) is 38.5 Å². The number of hydrogen-bond acceptors (Lipinski definition) is 3. The zero-order valence-electron chi connectivity index (χ0n) is 12.3. The molecule has 1 heterocycles. The second-order valence-corrected chi connectivity index (χ2v) is 5.43. The van der Waals surface area contributed by atoms with Crippen LogP contribution in [0.2, 0.25) is 5.02 Å². The smallest absolute Gasteiger partial charge is 0.336 e. The summed E-state index contributed by atoms with van der Waals surface area (Å²) in [5.74, 6) is -2.31. The molecule has 1 aromatic heterocycles. The number of pyridine rings is 1. The molecule has 0 unspecified atom stereocenters. The van der Waals surface area contributed by atoms with E-state index in [1.165, 1.54) is 31.4 Å². The number of carboxylic acid groups (broad SMARTS) is 1. The summed E-state index contributed by atoms with van der Waals surface area (Å²) in [7, 11) is 1.39. The third kappa shape index (κ3) is 2.76. The van der Waals surface area contributed by atoms with Gasteiger partial charge in [-0.05, 0) is 36.4 Å². The highest BCUT2D eigenvalue weighted by Gasteiger charge is 2.18. The van der Waals surface area contributed by atoms with Gasteiger partial charge in [-0.15, -0.1) is 0 Å². The quantitative estimate of drug-likeness (QED) is 0.754. The van der Waals surface area contributed by atoms with E-state index >= 15 is 0 Å². The van der Waals surface area contributed by atoms with Crippen LogP contribution in [0.25, 0.3) is 22.2 Å². The first-order chi connectivity index (χ1) is 11.4. The van der Waals surface area contributed by atoms with Crippen LogP contribution >= 0.6 is 11.6 Å². The van der Waals surface area contributed by atoms with Gasteiger partial charge in [-0.1, -0.05) is 11.6 Å². The number of halogens is 3. The highest BCUT2D eigenvalue weighted by Crippen LogP contribution is 2.33. The summed E-state index contributed by atoms with van der Waals surface area (Å²) < 4.78 is 32.9. The Kier molecular flexibility index (Phi) is 4.07. The molecular formula is C17H10ClF2NO3. The standard InChI is InChI=1S/C17H10ClF2NO3/c1-24-15-3-2-9(19)6-12(15)14-7-11(17(22)23)10-4-8(18)5-13(20)16(10)21-14/h2-7H,1H3,(H,22,23). The third-order valence-corrected chi connectivity index (χ3v) is 3.72. The lowest BCUT2D eigenvalue weighted by molar-refractivity contribution is 0.0699. The van der Waals surface area contributed by atoms with Gasteiger partial charge in [-0.3, -0.25) is 0 Å². The Morgan fingerprint density at radius 3 is 2.62 bits per heavy atom. The van der Waals surface area contributed by atoms with Gasteiger partial charge in [-0.25, -0.2) is 18.6 Å². The molecule has 0 aliphatic heterocycles. The van der Waals surface area contributed by atoms with Gasteiger partial charge in [0.05, 0.1) is 18.4 Å². The minimum atomic E-state index is -1.28. The molecule has 24 heavy (non-hydrogen) atoms. The molecule has 0 aliphatic rings. The van der Waals surface area contributed by atoms with Crippen LogP contribution in [0.3, 0.4) is 0 Å². The van der Waals surface area contributed by atoms with Gasteiger partial charge in [0, 0.05) is 16.0 Å². The molecule has 0 radical (unpaired) electrons. The van der Waals surface area contributed by atoms with Crippen molar-refractivity contribution in [2.45, 2.75) is 0 Å². The maximum absolute atomic E-state index is 14.2. The number of carbonyl (C=O) groups is 1. The fourth-order valence-corrected chi connectivity index (χ4v) is 2.65.